The molecule has 4 aliphatic carbocycles. The predicted molar refractivity (Wildman–Crippen MR) is 490 cm³/mol. The summed E-state index contributed by atoms with van der Waals surface area (Å²) in [4.78, 5) is 11.5. The highest BCUT2D eigenvalue weighted by Gasteiger charge is 2.35. The van der Waals surface area contributed by atoms with Crippen molar-refractivity contribution in [3.05, 3.63) is 140 Å². The van der Waals surface area contributed by atoms with Crippen LogP contribution in [0, 0.1) is 49.2 Å². The van der Waals surface area contributed by atoms with Gasteiger partial charge in [-0.05, 0) is 232 Å². The molecule has 0 radical (unpaired) electrons. The van der Waals surface area contributed by atoms with E-state index in [0.29, 0.717) is 72.0 Å². The summed E-state index contributed by atoms with van der Waals surface area (Å²) in [6, 6.07) is 29.2. The number of hydrogen-bond donors (Lipinski definition) is 4. The number of aryl methyl sites for hydroxylation is 8. The molecule has 6 N–H and O–H groups in total. The zero-order valence-corrected chi connectivity index (χ0v) is 81.2. The minimum atomic E-state index is -0.196. The van der Waals surface area contributed by atoms with Crippen molar-refractivity contribution in [3.8, 4) is 0 Å². The molecule has 0 fully saturated rings. The average molecular weight is 1480 g/mol. The first-order chi connectivity index (χ1) is 48.0. The van der Waals surface area contributed by atoms with E-state index in [-0.39, 0.29) is 10.8 Å². The van der Waals surface area contributed by atoms with E-state index in [2.05, 4.69) is 310 Å². The molecule has 106 heavy (non-hydrogen) atoms. The van der Waals surface area contributed by atoms with Crippen LogP contribution < -0.4 is 22.1 Å². The van der Waals surface area contributed by atoms with Crippen LogP contribution in [0.3, 0.4) is 0 Å². The van der Waals surface area contributed by atoms with E-state index in [1.807, 2.05) is 111 Å². The van der Waals surface area contributed by atoms with Gasteiger partial charge in [0.2, 0.25) is 0 Å². The van der Waals surface area contributed by atoms with Crippen LogP contribution >= 0.6 is 0 Å². The van der Waals surface area contributed by atoms with Crippen LogP contribution in [0.2, 0.25) is 0 Å². The zero-order valence-electron chi connectivity index (χ0n) is 81.2. The summed E-state index contributed by atoms with van der Waals surface area (Å²) in [6.45, 7) is 98.6. The number of rotatable bonds is 2. The maximum Gasteiger partial charge on any atom is 0.143 e. The molecule has 8 rings (SSSR count). The average Bonchev–Trinajstić information content (AvgIpc) is 1.66. The van der Waals surface area contributed by atoms with E-state index < -0.39 is 0 Å². The third-order valence-electron chi connectivity index (χ3n) is 19.9. The molecule has 0 unspecified atom stereocenters. The minimum Gasteiger partial charge on any atom is -0.333 e. The fourth-order valence-corrected chi connectivity index (χ4v) is 14.9. The lowest BCUT2D eigenvalue weighted by Gasteiger charge is -2.40. The lowest BCUT2D eigenvalue weighted by molar-refractivity contribution is -0.134. The quantitative estimate of drug-likeness (QED) is 0.160. The fraction of sp³-hybridized carbons (Fsp3) is 0.752. The Balaban J connectivity index is -0.000000264. The first-order valence-electron chi connectivity index (χ1n) is 42.5. The zero-order chi connectivity index (χ0) is 85.6. The number of ketones is 1. The van der Waals surface area contributed by atoms with Crippen molar-refractivity contribution in [2.45, 2.75) is 422 Å². The number of hydrogen-bond acceptors (Lipinski definition) is 5. The molecule has 5 nitrogen and oxygen atoms in total. The molecule has 0 saturated heterocycles. The smallest absolute Gasteiger partial charge is 0.143 e. The van der Waals surface area contributed by atoms with Gasteiger partial charge >= 0.3 is 0 Å². The van der Waals surface area contributed by atoms with Crippen molar-refractivity contribution < 1.29 is 4.79 Å². The second kappa shape index (κ2) is 50.4. The van der Waals surface area contributed by atoms with Crippen molar-refractivity contribution in [2.75, 3.05) is 28.2 Å². The van der Waals surface area contributed by atoms with Gasteiger partial charge in [0.15, 0.2) is 0 Å². The molecule has 0 heterocycles. The number of nitrogens with two attached hydrogens (primary N) is 2. The summed E-state index contributed by atoms with van der Waals surface area (Å²) in [5.41, 5.74) is 30.7. The maximum absolute atomic E-state index is 11.5. The summed E-state index contributed by atoms with van der Waals surface area (Å²) in [6.07, 6.45) is 15.7. The van der Waals surface area contributed by atoms with Crippen LogP contribution in [0.1, 0.15) is 404 Å². The van der Waals surface area contributed by atoms with Gasteiger partial charge in [0.25, 0.3) is 0 Å². The van der Waals surface area contributed by atoms with E-state index >= 15 is 0 Å². The van der Waals surface area contributed by atoms with E-state index in [0.717, 1.165) is 5.92 Å². The number of nitrogens with one attached hydrogen (secondary N) is 2. The van der Waals surface area contributed by atoms with Gasteiger partial charge < -0.3 is 22.1 Å². The summed E-state index contributed by atoms with van der Waals surface area (Å²) in [5.74, 6) is 1.08. The Kier molecular flexibility index (Phi) is 53.9. The summed E-state index contributed by atoms with van der Waals surface area (Å²) >= 11 is 0. The Morgan fingerprint density at radius 2 is 0.425 bits per heavy atom. The molecule has 4 aromatic rings. The second-order valence-corrected chi connectivity index (χ2v) is 41.5. The Hall–Kier alpha value is -3.61. The molecule has 0 aliphatic heterocycles. The lowest BCUT2D eigenvalue weighted by atomic mass is 9.68. The minimum absolute atomic E-state index is 0.196. The molecule has 0 atom stereocenters. The number of carbonyl (C=O) groups is 1. The highest BCUT2D eigenvalue weighted by molar-refractivity contribution is 5.88. The van der Waals surface area contributed by atoms with Gasteiger partial charge in [-0.2, -0.15) is 0 Å². The largest absolute Gasteiger partial charge is 0.333 e. The summed E-state index contributed by atoms with van der Waals surface area (Å²) < 4.78 is 0. The molecular weight excluding hydrogens is 1290 g/mol. The van der Waals surface area contributed by atoms with Gasteiger partial charge in [0.05, 0.1) is 0 Å². The van der Waals surface area contributed by atoms with Crippen LogP contribution in [0.15, 0.2) is 72.8 Å². The molecular formula is C101H192N4O. The van der Waals surface area contributed by atoms with Crippen LogP contribution in [0.5, 0.6) is 0 Å². The van der Waals surface area contributed by atoms with Gasteiger partial charge in [0.1, 0.15) is 5.78 Å². The fourth-order valence-electron chi connectivity index (χ4n) is 14.9. The standard InChI is InChI=1S/4C13H18.2C10H23N.C10H22.C9H18O.4C2H6.2CH5N/c4*1-13(2,3)12-8-7-10-5-4-6-11(10)9-12;2*1-9(2,3)8(11-7)10(4,5)6;1-8(9(2,3)4)10(5,6)7;1-8(2,3)7(10)9(4,5)6;6*1-2/h4*7-9H,4-6H2,1-3H3;2*8,11H,1-7H3;8H,1-7H3;1-6H3;4*1-2H3;2*2H2,1H3. The Bertz CT molecular complexity index is 2540. The van der Waals surface area contributed by atoms with E-state index in [1.165, 1.54) is 113 Å². The monoisotopic (exact) mass is 1480 g/mol. The van der Waals surface area contributed by atoms with Gasteiger partial charge in [-0.1, -0.05) is 384 Å². The second-order valence-electron chi connectivity index (χ2n) is 41.5. The summed E-state index contributed by atoms with van der Waals surface area (Å²) in [7, 11) is 7.09. The van der Waals surface area contributed by atoms with Crippen LogP contribution in [-0.2, 0) is 77.8 Å². The van der Waals surface area contributed by atoms with Gasteiger partial charge in [0, 0.05) is 22.9 Å². The molecule has 622 valence electrons. The van der Waals surface area contributed by atoms with Crippen molar-refractivity contribution in [2.24, 2.45) is 60.7 Å². The van der Waals surface area contributed by atoms with Crippen LogP contribution in [0.4, 0.5) is 0 Å². The molecule has 5 heteroatoms. The Labute approximate surface area is 668 Å². The number of Topliss-reactive ketones (excluding diaryl/α,β-unsaturated/α-hetero) is 1. The topological polar surface area (TPSA) is 93.2 Å². The van der Waals surface area contributed by atoms with Crippen molar-refractivity contribution in [1.29, 1.82) is 0 Å². The van der Waals surface area contributed by atoms with Crippen molar-refractivity contribution >= 4 is 5.78 Å². The molecule has 4 aromatic carbocycles. The molecule has 0 saturated carbocycles. The van der Waals surface area contributed by atoms with Crippen molar-refractivity contribution in [1.82, 2.24) is 10.6 Å². The molecule has 0 bridgehead atoms. The van der Waals surface area contributed by atoms with E-state index in [1.54, 1.807) is 44.5 Å². The molecule has 0 amide bonds. The van der Waals surface area contributed by atoms with Gasteiger partial charge in [-0.25, -0.2) is 0 Å². The summed E-state index contributed by atoms with van der Waals surface area (Å²) in [5, 5.41) is 6.76. The molecule has 0 spiro atoms. The van der Waals surface area contributed by atoms with Crippen LogP contribution in [-0.4, -0.2) is 46.1 Å². The first-order valence-corrected chi connectivity index (χ1v) is 42.5. The Morgan fingerprint density at radius 3 is 0.509 bits per heavy atom. The number of benzene rings is 4. The number of carbonyl (C=O) groups excluding carboxylic acids is 1. The van der Waals surface area contributed by atoms with Gasteiger partial charge in [-0.15, -0.1) is 0 Å². The van der Waals surface area contributed by atoms with Gasteiger partial charge in [-0.3, -0.25) is 4.79 Å². The highest BCUT2D eigenvalue weighted by atomic mass is 16.1. The normalized spacial score (nSPS) is 13.7. The predicted octanol–water partition coefficient (Wildman–Crippen LogP) is 28.8. The van der Waals surface area contributed by atoms with E-state index in [9.17, 15) is 4.79 Å². The highest BCUT2D eigenvalue weighted by Crippen LogP contribution is 2.40. The first kappa shape index (κ1) is 113. The lowest BCUT2D eigenvalue weighted by Crippen LogP contribution is -2.47. The SMILES string of the molecule is CC.CC.CC.CC.CC(C(C)(C)C)C(C)(C)C.CC(C)(C)C(=O)C(C)(C)C.CC(C)(C)c1ccc2c(c1)CCC2.CC(C)(C)c1ccc2c(c1)CCC2.CC(C)(C)c1ccc2c(c1)CCC2.CC(C)(C)c1ccc2c(c1)CCC2.CN.CN.CNC(C(C)(C)C)C(C)(C)C.CNC(C(C)(C)C)C(C)(C)C. The van der Waals surface area contributed by atoms with E-state index in [4.69, 9.17) is 0 Å². The van der Waals surface area contributed by atoms with Crippen molar-refractivity contribution in [3.63, 3.8) is 0 Å². The number of fused-ring (bicyclic) bond motifs is 4. The third-order valence-corrected chi connectivity index (χ3v) is 19.9. The Morgan fingerprint density at radius 1 is 0.274 bits per heavy atom. The molecule has 4 aliphatic rings. The van der Waals surface area contributed by atoms with Crippen LogP contribution in [0.25, 0.3) is 0 Å². The molecule has 0 aromatic heterocycles. The third kappa shape index (κ3) is 45.0. The maximum atomic E-state index is 11.5.